The summed E-state index contributed by atoms with van der Waals surface area (Å²) >= 11 is 0. The van der Waals surface area contributed by atoms with E-state index in [1.54, 1.807) is 11.9 Å². The van der Waals surface area contributed by atoms with Crippen molar-refractivity contribution >= 4 is 21.9 Å². The number of hydrogen-bond acceptors (Lipinski definition) is 5. The molecule has 2 atom stereocenters. The Labute approximate surface area is 157 Å². The van der Waals surface area contributed by atoms with Gasteiger partial charge in [0.05, 0.1) is 11.5 Å². The molecule has 1 rings (SSSR count). The van der Waals surface area contributed by atoms with Gasteiger partial charge in [0.2, 0.25) is 0 Å². The van der Waals surface area contributed by atoms with E-state index in [9.17, 15) is 13.2 Å². The van der Waals surface area contributed by atoms with E-state index in [1.165, 1.54) is 0 Å². The van der Waals surface area contributed by atoms with Gasteiger partial charge < -0.3 is 20.3 Å². The van der Waals surface area contributed by atoms with Crippen molar-refractivity contribution in [2.45, 2.75) is 52.7 Å². The number of amides is 1. The average Bonchev–Trinajstić information content (AvgIpc) is 2.82. The van der Waals surface area contributed by atoms with Gasteiger partial charge in [0, 0.05) is 32.7 Å². The predicted octanol–water partition coefficient (Wildman–Crippen LogP) is 1.23. The van der Waals surface area contributed by atoms with E-state index >= 15 is 0 Å². The molecule has 0 spiro atoms. The Kier molecular flexibility index (Phi) is 8.17. The van der Waals surface area contributed by atoms with Crippen molar-refractivity contribution in [1.29, 1.82) is 0 Å². The summed E-state index contributed by atoms with van der Waals surface area (Å²) in [6.07, 6.45) is 0.249. The zero-order chi connectivity index (χ0) is 20.0. The summed E-state index contributed by atoms with van der Waals surface area (Å²) < 4.78 is 28.5. The first-order valence-corrected chi connectivity index (χ1v) is 10.9. The van der Waals surface area contributed by atoms with E-state index in [0.717, 1.165) is 0 Å². The van der Waals surface area contributed by atoms with E-state index in [2.05, 4.69) is 15.6 Å². The van der Waals surface area contributed by atoms with E-state index < -0.39 is 15.4 Å². The van der Waals surface area contributed by atoms with Gasteiger partial charge >= 0.3 is 6.09 Å². The van der Waals surface area contributed by atoms with Crippen molar-refractivity contribution in [3.05, 3.63) is 0 Å². The van der Waals surface area contributed by atoms with Crippen LogP contribution in [0.15, 0.2) is 4.99 Å². The van der Waals surface area contributed by atoms with E-state index in [-0.39, 0.29) is 29.6 Å². The van der Waals surface area contributed by atoms with Crippen molar-refractivity contribution in [2.75, 3.05) is 38.2 Å². The van der Waals surface area contributed by atoms with Crippen molar-refractivity contribution in [1.82, 2.24) is 15.5 Å². The fourth-order valence-corrected chi connectivity index (χ4v) is 4.28. The highest BCUT2D eigenvalue weighted by Crippen LogP contribution is 2.12. The van der Waals surface area contributed by atoms with Crippen LogP contribution in [0.3, 0.4) is 0 Å². The monoisotopic (exact) mass is 390 g/mol. The fourth-order valence-electron chi connectivity index (χ4n) is 2.61. The first-order valence-electron chi connectivity index (χ1n) is 9.11. The summed E-state index contributed by atoms with van der Waals surface area (Å²) in [5.41, 5.74) is -0.517. The van der Waals surface area contributed by atoms with Crippen molar-refractivity contribution in [3.8, 4) is 0 Å². The van der Waals surface area contributed by atoms with Crippen molar-refractivity contribution in [3.63, 3.8) is 0 Å². The zero-order valence-corrected chi connectivity index (χ0v) is 17.6. The van der Waals surface area contributed by atoms with Crippen LogP contribution in [-0.4, -0.2) is 75.2 Å². The van der Waals surface area contributed by atoms with Crippen LogP contribution in [0.25, 0.3) is 0 Å². The number of ether oxygens (including phenoxy) is 1. The van der Waals surface area contributed by atoms with Crippen molar-refractivity contribution < 1.29 is 17.9 Å². The molecule has 0 radical (unpaired) electrons. The number of nitrogens with zero attached hydrogens (tertiary/aromatic N) is 2. The van der Waals surface area contributed by atoms with Gasteiger partial charge in [0.25, 0.3) is 0 Å². The Balaban J connectivity index is 2.53. The van der Waals surface area contributed by atoms with Crippen LogP contribution >= 0.6 is 0 Å². The lowest BCUT2D eigenvalue weighted by Gasteiger charge is -2.26. The molecule has 0 bridgehead atoms. The lowest BCUT2D eigenvalue weighted by Crippen LogP contribution is -2.44. The Morgan fingerprint density at radius 2 is 2.04 bits per heavy atom. The number of hydrogen-bond donors (Lipinski definition) is 2. The molecule has 2 N–H and O–H groups in total. The van der Waals surface area contributed by atoms with Gasteiger partial charge in [-0.3, -0.25) is 4.99 Å². The Morgan fingerprint density at radius 1 is 1.38 bits per heavy atom. The minimum absolute atomic E-state index is 0.0995. The number of nitrogens with one attached hydrogen (secondary N) is 2. The number of guanidine groups is 1. The standard InChI is InChI=1S/C17H34N4O4S/c1-7-18-15(20-14-8-9-26(23,24)12-14)19-10-13(2)11-21(6)16(22)25-17(3,4)5/h13-14H,7-12H2,1-6H3,(H2,18,19,20). The molecule has 26 heavy (non-hydrogen) atoms. The molecule has 1 amide bonds. The molecule has 0 aromatic heterocycles. The second kappa shape index (κ2) is 9.43. The molecule has 0 aliphatic carbocycles. The summed E-state index contributed by atoms with van der Waals surface area (Å²) in [4.78, 5) is 18.1. The molecule has 0 saturated carbocycles. The lowest BCUT2D eigenvalue weighted by molar-refractivity contribution is 0.0279. The highest BCUT2D eigenvalue weighted by atomic mass is 32.2. The zero-order valence-electron chi connectivity index (χ0n) is 16.8. The molecule has 8 nitrogen and oxygen atoms in total. The average molecular weight is 391 g/mol. The summed E-state index contributed by atoms with van der Waals surface area (Å²) in [5, 5.41) is 6.33. The molecule has 0 aromatic rings. The molecular weight excluding hydrogens is 356 g/mol. The predicted molar refractivity (Wildman–Crippen MR) is 104 cm³/mol. The maximum Gasteiger partial charge on any atom is 0.410 e. The van der Waals surface area contributed by atoms with Crippen LogP contribution in [-0.2, 0) is 14.6 Å². The maximum atomic E-state index is 12.0. The van der Waals surface area contributed by atoms with Crippen LogP contribution in [0.1, 0.15) is 41.0 Å². The largest absolute Gasteiger partial charge is 0.444 e. The molecule has 0 aromatic carbocycles. The number of carbonyl (C=O) groups excluding carboxylic acids is 1. The molecule has 1 aliphatic heterocycles. The van der Waals surface area contributed by atoms with Gasteiger partial charge in [-0.25, -0.2) is 13.2 Å². The van der Waals surface area contributed by atoms with Gasteiger partial charge in [-0.1, -0.05) is 6.92 Å². The molecule has 152 valence electrons. The first kappa shape index (κ1) is 22.5. The molecule has 1 fully saturated rings. The topological polar surface area (TPSA) is 100 Å². The van der Waals surface area contributed by atoms with Crippen LogP contribution in [0.4, 0.5) is 4.79 Å². The number of aliphatic imine (C=N–C) groups is 1. The van der Waals surface area contributed by atoms with Crippen LogP contribution < -0.4 is 10.6 Å². The second-order valence-corrected chi connectivity index (χ2v) is 10.2. The third kappa shape index (κ3) is 8.73. The van der Waals surface area contributed by atoms with Crippen LogP contribution in [0, 0.1) is 5.92 Å². The third-order valence-electron chi connectivity index (χ3n) is 3.77. The molecule has 1 aliphatic rings. The summed E-state index contributed by atoms with van der Waals surface area (Å²) in [6.45, 7) is 11.2. The molecule has 2 unspecified atom stereocenters. The summed E-state index contributed by atoms with van der Waals surface area (Å²) in [5.74, 6) is 1.12. The number of carbonyl (C=O) groups is 1. The Morgan fingerprint density at radius 3 is 2.54 bits per heavy atom. The fraction of sp³-hybridized carbons (Fsp3) is 0.882. The van der Waals surface area contributed by atoms with Gasteiger partial charge in [0.15, 0.2) is 15.8 Å². The number of rotatable bonds is 6. The highest BCUT2D eigenvalue weighted by molar-refractivity contribution is 7.91. The van der Waals surface area contributed by atoms with Gasteiger partial charge in [-0.2, -0.15) is 0 Å². The quantitative estimate of drug-likeness (QED) is 0.523. The Hall–Kier alpha value is -1.51. The number of sulfone groups is 1. The lowest BCUT2D eigenvalue weighted by atomic mass is 10.2. The first-order chi connectivity index (χ1) is 11.9. The summed E-state index contributed by atoms with van der Waals surface area (Å²) in [7, 11) is -1.22. The Bertz CT molecular complexity index is 598. The molecule has 1 heterocycles. The normalized spacial score (nSPS) is 21.2. The molecular formula is C17H34N4O4S. The van der Waals surface area contributed by atoms with Gasteiger partial charge in [-0.05, 0) is 40.0 Å². The highest BCUT2D eigenvalue weighted by Gasteiger charge is 2.28. The van der Waals surface area contributed by atoms with Crippen LogP contribution in [0.2, 0.25) is 0 Å². The van der Waals surface area contributed by atoms with Crippen LogP contribution in [0.5, 0.6) is 0 Å². The van der Waals surface area contributed by atoms with E-state index in [4.69, 9.17) is 4.74 Å². The third-order valence-corrected chi connectivity index (χ3v) is 5.54. The maximum absolute atomic E-state index is 12.0. The van der Waals surface area contributed by atoms with Crippen molar-refractivity contribution in [2.24, 2.45) is 10.9 Å². The minimum Gasteiger partial charge on any atom is -0.444 e. The van der Waals surface area contributed by atoms with Gasteiger partial charge in [0.1, 0.15) is 5.60 Å². The summed E-state index contributed by atoms with van der Waals surface area (Å²) in [6, 6.07) is -0.0995. The smallest absolute Gasteiger partial charge is 0.410 e. The SMILES string of the molecule is CCNC(=NCC(C)CN(C)C(=O)OC(C)(C)C)NC1CCS(=O)(=O)C1. The van der Waals surface area contributed by atoms with E-state index in [0.29, 0.717) is 32.0 Å². The minimum atomic E-state index is -2.93. The second-order valence-electron chi connectivity index (χ2n) is 7.93. The molecule has 1 saturated heterocycles. The van der Waals surface area contributed by atoms with Gasteiger partial charge in [-0.15, -0.1) is 0 Å². The van der Waals surface area contributed by atoms with E-state index in [1.807, 2.05) is 34.6 Å². The molecule has 9 heteroatoms.